The van der Waals surface area contributed by atoms with Crippen molar-refractivity contribution in [3.05, 3.63) is 91.6 Å². The summed E-state index contributed by atoms with van der Waals surface area (Å²) in [5.74, 6) is -0.248. The molecule has 3 aromatic rings. The second-order valence-electron chi connectivity index (χ2n) is 6.68. The lowest BCUT2D eigenvalue weighted by atomic mass is 10.1. The van der Waals surface area contributed by atoms with Gasteiger partial charge in [-0.15, -0.1) is 0 Å². The van der Waals surface area contributed by atoms with Crippen molar-refractivity contribution < 1.29 is 18.7 Å². The third-order valence-corrected chi connectivity index (χ3v) is 5.81. The molecule has 168 valence electrons. The molecular weight excluding hydrogens is 534 g/mol. The maximum atomic E-state index is 13.4. The van der Waals surface area contributed by atoms with E-state index in [4.69, 9.17) is 32.7 Å². The van der Waals surface area contributed by atoms with Gasteiger partial charge < -0.3 is 14.8 Å². The van der Waals surface area contributed by atoms with Crippen molar-refractivity contribution in [2.45, 2.75) is 6.61 Å². The number of hydrogen-bond donors (Lipinski definition) is 1. The summed E-state index contributed by atoms with van der Waals surface area (Å²) >= 11 is 15.5. The highest BCUT2D eigenvalue weighted by atomic mass is 79.9. The lowest BCUT2D eigenvalue weighted by Gasteiger charge is -2.14. The summed E-state index contributed by atoms with van der Waals surface area (Å²) in [5, 5.41) is 12.5. The molecule has 0 heterocycles. The van der Waals surface area contributed by atoms with Gasteiger partial charge in [-0.05, 0) is 69.5 Å². The number of nitriles is 1. The molecule has 3 rings (SSSR count). The molecule has 0 aliphatic carbocycles. The summed E-state index contributed by atoms with van der Waals surface area (Å²) in [6.07, 6.45) is 1.40. The molecular formula is C24H16BrCl2FN2O3. The van der Waals surface area contributed by atoms with Crippen LogP contribution in [0.2, 0.25) is 10.0 Å². The second-order valence-corrected chi connectivity index (χ2v) is 8.32. The van der Waals surface area contributed by atoms with E-state index in [2.05, 4.69) is 21.2 Å². The van der Waals surface area contributed by atoms with Crippen molar-refractivity contribution >= 4 is 56.8 Å². The summed E-state index contributed by atoms with van der Waals surface area (Å²) in [6.45, 7) is 0.119. The fraction of sp³-hybridized carbons (Fsp3) is 0.0833. The Morgan fingerprint density at radius 1 is 1.21 bits per heavy atom. The van der Waals surface area contributed by atoms with Crippen LogP contribution in [0.1, 0.15) is 11.1 Å². The van der Waals surface area contributed by atoms with E-state index in [0.29, 0.717) is 27.1 Å². The van der Waals surface area contributed by atoms with E-state index in [1.807, 2.05) is 6.07 Å². The zero-order valence-electron chi connectivity index (χ0n) is 17.2. The van der Waals surface area contributed by atoms with Crippen molar-refractivity contribution in [3.63, 3.8) is 0 Å². The van der Waals surface area contributed by atoms with E-state index < -0.39 is 5.91 Å². The van der Waals surface area contributed by atoms with Crippen LogP contribution in [0.4, 0.5) is 10.1 Å². The topological polar surface area (TPSA) is 71.3 Å². The molecule has 9 heteroatoms. The zero-order valence-corrected chi connectivity index (χ0v) is 20.3. The number of hydrogen-bond acceptors (Lipinski definition) is 4. The first kappa shape index (κ1) is 24.6. The van der Waals surface area contributed by atoms with Crippen LogP contribution in [0.25, 0.3) is 6.08 Å². The highest BCUT2D eigenvalue weighted by molar-refractivity contribution is 9.10. The van der Waals surface area contributed by atoms with Gasteiger partial charge in [0.25, 0.3) is 5.91 Å². The van der Waals surface area contributed by atoms with E-state index in [1.54, 1.807) is 42.5 Å². The van der Waals surface area contributed by atoms with Crippen LogP contribution in [0.5, 0.6) is 11.5 Å². The number of ether oxygens (including phenoxy) is 2. The first-order chi connectivity index (χ1) is 15.8. The average molecular weight is 550 g/mol. The summed E-state index contributed by atoms with van der Waals surface area (Å²) < 4.78 is 25.1. The van der Waals surface area contributed by atoms with Gasteiger partial charge in [0.15, 0.2) is 11.5 Å². The number of nitrogens with zero attached hydrogens (tertiary/aromatic N) is 1. The van der Waals surface area contributed by atoms with Gasteiger partial charge in [0.1, 0.15) is 24.1 Å². The first-order valence-corrected chi connectivity index (χ1v) is 11.0. The minimum absolute atomic E-state index is 0.119. The molecule has 0 atom stereocenters. The van der Waals surface area contributed by atoms with Gasteiger partial charge in [-0.1, -0.05) is 41.4 Å². The van der Waals surface area contributed by atoms with Crippen LogP contribution in [0.15, 0.2) is 64.6 Å². The van der Waals surface area contributed by atoms with Crippen LogP contribution in [-0.4, -0.2) is 13.0 Å². The molecule has 1 amide bonds. The van der Waals surface area contributed by atoms with Gasteiger partial charge in [-0.25, -0.2) is 4.39 Å². The predicted octanol–water partition coefficient (Wildman–Crippen LogP) is 7.03. The lowest BCUT2D eigenvalue weighted by Crippen LogP contribution is -2.13. The Kier molecular flexibility index (Phi) is 8.34. The molecule has 5 nitrogen and oxygen atoms in total. The van der Waals surface area contributed by atoms with Crippen molar-refractivity contribution in [1.29, 1.82) is 5.26 Å². The number of rotatable bonds is 7. The molecule has 0 unspecified atom stereocenters. The van der Waals surface area contributed by atoms with Gasteiger partial charge in [0, 0.05) is 0 Å². The molecule has 0 radical (unpaired) electrons. The Bertz CT molecular complexity index is 1280. The highest BCUT2D eigenvalue weighted by Crippen LogP contribution is 2.38. The third-order valence-electron chi connectivity index (χ3n) is 4.40. The quantitative estimate of drug-likeness (QED) is 0.254. The molecule has 3 aromatic carbocycles. The number of methoxy groups -OCH3 is 1. The molecule has 1 N–H and O–H groups in total. The number of benzene rings is 3. The van der Waals surface area contributed by atoms with E-state index in [9.17, 15) is 14.4 Å². The molecule has 0 aliphatic rings. The molecule has 0 saturated heterocycles. The monoisotopic (exact) mass is 548 g/mol. The van der Waals surface area contributed by atoms with Crippen LogP contribution in [0, 0.1) is 17.1 Å². The summed E-state index contributed by atoms with van der Waals surface area (Å²) in [5.41, 5.74) is 1.29. The first-order valence-electron chi connectivity index (χ1n) is 9.44. The van der Waals surface area contributed by atoms with E-state index in [-0.39, 0.29) is 33.7 Å². The Morgan fingerprint density at radius 2 is 1.97 bits per heavy atom. The maximum absolute atomic E-state index is 13.4. The van der Waals surface area contributed by atoms with Gasteiger partial charge in [-0.3, -0.25) is 4.79 Å². The zero-order chi connectivity index (χ0) is 24.0. The largest absolute Gasteiger partial charge is 0.493 e. The Morgan fingerprint density at radius 3 is 2.67 bits per heavy atom. The van der Waals surface area contributed by atoms with Crippen LogP contribution in [0.3, 0.4) is 0 Å². The van der Waals surface area contributed by atoms with Crippen molar-refractivity contribution in [3.8, 4) is 17.6 Å². The normalized spacial score (nSPS) is 11.0. The fourth-order valence-electron chi connectivity index (χ4n) is 2.85. The van der Waals surface area contributed by atoms with Crippen molar-refractivity contribution in [2.75, 3.05) is 12.4 Å². The number of carbonyl (C=O) groups is 1. The number of amides is 1. The van der Waals surface area contributed by atoms with Gasteiger partial charge in [-0.2, -0.15) is 5.26 Å². The molecule has 33 heavy (non-hydrogen) atoms. The minimum atomic E-state index is -0.650. The van der Waals surface area contributed by atoms with Gasteiger partial charge in [0.05, 0.1) is 27.3 Å². The molecule has 0 saturated carbocycles. The number of halogens is 4. The average Bonchev–Trinajstić information content (AvgIpc) is 2.79. The maximum Gasteiger partial charge on any atom is 0.266 e. The number of carbonyl (C=O) groups excluding carboxylic acids is 1. The summed E-state index contributed by atoms with van der Waals surface area (Å²) in [4.78, 5) is 12.6. The number of nitrogens with one attached hydrogen (secondary N) is 1. The lowest BCUT2D eigenvalue weighted by molar-refractivity contribution is -0.112. The second kappa shape index (κ2) is 11.2. The van der Waals surface area contributed by atoms with E-state index in [1.165, 1.54) is 25.3 Å². The fourth-order valence-corrected chi connectivity index (χ4v) is 3.77. The molecule has 0 aromatic heterocycles. The molecule has 0 fully saturated rings. The smallest absolute Gasteiger partial charge is 0.266 e. The number of anilines is 1. The summed E-state index contributed by atoms with van der Waals surface area (Å²) in [6, 6.07) is 16.0. The molecule has 0 spiro atoms. The van der Waals surface area contributed by atoms with Gasteiger partial charge >= 0.3 is 0 Å². The Hall–Kier alpha value is -3.05. The predicted molar refractivity (Wildman–Crippen MR) is 130 cm³/mol. The standard InChI is InChI=1S/C24H16BrCl2FN2O3/c1-32-21-11-15(10-18(25)23(21)33-13-14-4-2-5-17(28)9-14)8-16(12-29)24(31)30-20-7-3-6-19(26)22(20)27/h2-11H,13H2,1H3,(H,30,31)/b16-8-. The summed E-state index contributed by atoms with van der Waals surface area (Å²) in [7, 11) is 1.46. The van der Waals surface area contributed by atoms with Crippen LogP contribution in [-0.2, 0) is 11.4 Å². The minimum Gasteiger partial charge on any atom is -0.493 e. The molecule has 0 bridgehead atoms. The Balaban J connectivity index is 1.84. The van der Waals surface area contributed by atoms with Crippen LogP contribution >= 0.6 is 39.1 Å². The third kappa shape index (κ3) is 6.26. The van der Waals surface area contributed by atoms with Gasteiger partial charge in [0.2, 0.25) is 0 Å². The highest BCUT2D eigenvalue weighted by Gasteiger charge is 2.16. The van der Waals surface area contributed by atoms with Crippen molar-refractivity contribution in [2.24, 2.45) is 0 Å². The van der Waals surface area contributed by atoms with Crippen LogP contribution < -0.4 is 14.8 Å². The van der Waals surface area contributed by atoms with Crippen molar-refractivity contribution in [1.82, 2.24) is 0 Å². The SMILES string of the molecule is COc1cc(/C=C(/C#N)C(=O)Nc2cccc(Cl)c2Cl)cc(Br)c1OCc1cccc(F)c1. The molecule has 0 aliphatic heterocycles. The Labute approximate surface area is 208 Å². The van der Waals surface area contributed by atoms with E-state index >= 15 is 0 Å². The van der Waals surface area contributed by atoms with E-state index in [0.717, 1.165) is 0 Å².